The summed E-state index contributed by atoms with van der Waals surface area (Å²) in [6.07, 6.45) is 1.88. The van der Waals surface area contributed by atoms with Gasteiger partial charge in [-0.15, -0.1) is 0 Å². The van der Waals surface area contributed by atoms with E-state index in [4.69, 9.17) is 0 Å². The number of pyridine rings is 1. The Kier molecular flexibility index (Phi) is 4.59. The van der Waals surface area contributed by atoms with Gasteiger partial charge in [-0.2, -0.15) is 0 Å². The van der Waals surface area contributed by atoms with Crippen molar-refractivity contribution < 1.29 is 9.59 Å². The summed E-state index contributed by atoms with van der Waals surface area (Å²) < 4.78 is 0. The van der Waals surface area contributed by atoms with Crippen LogP contribution in [0, 0.1) is 6.92 Å². The van der Waals surface area contributed by atoms with Crippen LogP contribution in [0.15, 0.2) is 30.3 Å². The summed E-state index contributed by atoms with van der Waals surface area (Å²) in [7, 11) is 0. The van der Waals surface area contributed by atoms with E-state index in [0.717, 1.165) is 49.1 Å². The van der Waals surface area contributed by atoms with E-state index in [9.17, 15) is 9.59 Å². The summed E-state index contributed by atoms with van der Waals surface area (Å²) >= 11 is 0. The van der Waals surface area contributed by atoms with Crippen LogP contribution in [0.25, 0.3) is 10.9 Å². The number of aryl methyl sites for hydroxylation is 1. The van der Waals surface area contributed by atoms with Crippen LogP contribution in [-0.4, -0.2) is 65.4 Å². The molecular weight excluding hydrogens is 328 g/mol. The number of carbonyl (C=O) groups is 2. The number of nitrogens with zero attached hydrogens (tertiary/aromatic N) is 3. The molecule has 1 aromatic heterocycles. The molecule has 6 nitrogen and oxygen atoms in total. The van der Waals surface area contributed by atoms with Crippen LogP contribution in [-0.2, 0) is 4.79 Å². The summed E-state index contributed by atoms with van der Waals surface area (Å²) in [6.45, 7) is 5.22. The van der Waals surface area contributed by atoms with Crippen LogP contribution >= 0.6 is 0 Å². The maximum Gasteiger partial charge on any atom is 0.256 e. The second-order valence-corrected chi connectivity index (χ2v) is 7.14. The molecular formula is C20H24N4O2. The van der Waals surface area contributed by atoms with Gasteiger partial charge in [-0.25, -0.2) is 0 Å². The zero-order valence-electron chi connectivity index (χ0n) is 15.1. The van der Waals surface area contributed by atoms with Gasteiger partial charge in [0.2, 0.25) is 5.91 Å². The van der Waals surface area contributed by atoms with E-state index in [1.54, 1.807) is 0 Å². The molecule has 2 aromatic rings. The van der Waals surface area contributed by atoms with Crippen molar-refractivity contribution in [1.29, 1.82) is 0 Å². The number of piperidine rings is 1. The minimum atomic E-state index is 0.0148. The minimum Gasteiger partial charge on any atom is -0.337 e. The van der Waals surface area contributed by atoms with E-state index in [1.807, 2.05) is 47.1 Å². The maximum atomic E-state index is 13.2. The maximum absolute atomic E-state index is 13.2. The molecule has 1 N–H and O–H groups in total. The van der Waals surface area contributed by atoms with Gasteiger partial charge in [0.25, 0.3) is 5.91 Å². The third kappa shape index (κ3) is 3.17. The SMILES string of the molecule is Cc1ccc2cccc(C(=O)N3CCCC(N4CCNCC4=O)C3)c2n1. The van der Waals surface area contributed by atoms with Crippen molar-refractivity contribution >= 4 is 22.7 Å². The molecule has 1 unspecified atom stereocenters. The highest BCUT2D eigenvalue weighted by Crippen LogP contribution is 2.23. The number of carbonyl (C=O) groups excluding carboxylic acids is 2. The first kappa shape index (κ1) is 17.0. The number of nitrogens with one attached hydrogen (secondary N) is 1. The number of likely N-dealkylation sites (tertiary alicyclic amines) is 1. The summed E-state index contributed by atoms with van der Waals surface area (Å²) in [4.78, 5) is 33.8. The van der Waals surface area contributed by atoms with Crippen LogP contribution in [0.3, 0.4) is 0 Å². The normalized spacial score (nSPS) is 21.3. The van der Waals surface area contributed by atoms with E-state index in [1.165, 1.54) is 0 Å². The van der Waals surface area contributed by atoms with E-state index < -0.39 is 0 Å². The van der Waals surface area contributed by atoms with Gasteiger partial charge >= 0.3 is 0 Å². The third-order valence-corrected chi connectivity index (χ3v) is 5.34. The average molecular weight is 352 g/mol. The Morgan fingerprint density at radius 3 is 2.96 bits per heavy atom. The second-order valence-electron chi connectivity index (χ2n) is 7.14. The monoisotopic (exact) mass is 352 g/mol. The van der Waals surface area contributed by atoms with Gasteiger partial charge in [-0.3, -0.25) is 14.6 Å². The lowest BCUT2D eigenvalue weighted by molar-refractivity contribution is -0.135. The fraction of sp³-hybridized carbons (Fsp3) is 0.450. The molecule has 2 saturated heterocycles. The lowest BCUT2D eigenvalue weighted by atomic mass is 10.0. The Balaban J connectivity index is 1.58. The molecule has 2 aliphatic heterocycles. The van der Waals surface area contributed by atoms with Crippen molar-refractivity contribution in [1.82, 2.24) is 20.1 Å². The van der Waals surface area contributed by atoms with Gasteiger partial charge in [0.15, 0.2) is 0 Å². The topological polar surface area (TPSA) is 65.5 Å². The molecule has 4 rings (SSSR count). The zero-order chi connectivity index (χ0) is 18.1. The minimum absolute atomic E-state index is 0.0148. The standard InChI is InChI=1S/C20H24N4O2/c1-14-7-8-15-4-2-6-17(19(15)22-14)20(26)23-10-3-5-16(13-23)24-11-9-21-12-18(24)25/h2,4,6-8,16,21H,3,5,9-13H2,1H3. The molecule has 136 valence electrons. The molecule has 1 atom stereocenters. The van der Waals surface area contributed by atoms with Crippen LogP contribution in [0.5, 0.6) is 0 Å². The summed E-state index contributed by atoms with van der Waals surface area (Å²) in [6, 6.07) is 9.84. The average Bonchev–Trinajstić information content (AvgIpc) is 2.67. The largest absolute Gasteiger partial charge is 0.337 e. The highest BCUT2D eigenvalue weighted by Gasteiger charge is 2.32. The smallest absolute Gasteiger partial charge is 0.256 e. The Labute approximate surface area is 153 Å². The molecule has 0 radical (unpaired) electrons. The highest BCUT2D eigenvalue weighted by molar-refractivity contribution is 6.05. The Morgan fingerprint density at radius 2 is 2.12 bits per heavy atom. The number of fused-ring (bicyclic) bond motifs is 1. The lowest BCUT2D eigenvalue weighted by Gasteiger charge is -2.41. The number of para-hydroxylation sites is 1. The van der Waals surface area contributed by atoms with Gasteiger partial charge in [-0.05, 0) is 31.9 Å². The number of piperazine rings is 1. The van der Waals surface area contributed by atoms with Gasteiger partial charge in [0.05, 0.1) is 17.6 Å². The van der Waals surface area contributed by atoms with Crippen molar-refractivity contribution in [2.75, 3.05) is 32.7 Å². The van der Waals surface area contributed by atoms with Crippen LogP contribution in [0.4, 0.5) is 0 Å². The molecule has 2 aliphatic rings. The first-order valence-electron chi connectivity index (χ1n) is 9.29. The fourth-order valence-corrected chi connectivity index (χ4v) is 3.99. The van der Waals surface area contributed by atoms with Crippen LogP contribution < -0.4 is 5.32 Å². The number of hydrogen-bond donors (Lipinski definition) is 1. The molecule has 2 amide bonds. The molecule has 0 saturated carbocycles. The molecule has 0 bridgehead atoms. The Morgan fingerprint density at radius 1 is 1.23 bits per heavy atom. The number of hydrogen-bond acceptors (Lipinski definition) is 4. The molecule has 0 aliphatic carbocycles. The lowest BCUT2D eigenvalue weighted by Crippen LogP contribution is -2.57. The fourth-order valence-electron chi connectivity index (χ4n) is 3.99. The summed E-state index contributed by atoms with van der Waals surface area (Å²) in [5.41, 5.74) is 2.32. The van der Waals surface area contributed by atoms with E-state index in [0.29, 0.717) is 18.7 Å². The van der Waals surface area contributed by atoms with E-state index in [-0.39, 0.29) is 17.9 Å². The van der Waals surface area contributed by atoms with Crippen LogP contribution in [0.1, 0.15) is 28.9 Å². The number of rotatable bonds is 2. The number of amides is 2. The molecule has 6 heteroatoms. The number of aromatic nitrogens is 1. The van der Waals surface area contributed by atoms with E-state index >= 15 is 0 Å². The molecule has 26 heavy (non-hydrogen) atoms. The molecule has 2 fully saturated rings. The predicted octanol–water partition coefficient (Wildman–Crippen LogP) is 1.58. The van der Waals surface area contributed by atoms with Crippen molar-refractivity contribution in [3.63, 3.8) is 0 Å². The third-order valence-electron chi connectivity index (χ3n) is 5.34. The quantitative estimate of drug-likeness (QED) is 0.891. The molecule has 0 spiro atoms. The molecule has 3 heterocycles. The summed E-state index contributed by atoms with van der Waals surface area (Å²) in [5, 5.41) is 4.09. The van der Waals surface area contributed by atoms with Crippen molar-refractivity contribution in [3.8, 4) is 0 Å². The zero-order valence-corrected chi connectivity index (χ0v) is 15.1. The van der Waals surface area contributed by atoms with E-state index in [2.05, 4.69) is 10.3 Å². The van der Waals surface area contributed by atoms with Gasteiger partial charge in [-0.1, -0.05) is 18.2 Å². The van der Waals surface area contributed by atoms with Crippen molar-refractivity contribution in [2.24, 2.45) is 0 Å². The Bertz CT molecular complexity index is 851. The van der Waals surface area contributed by atoms with Crippen molar-refractivity contribution in [2.45, 2.75) is 25.8 Å². The molecule has 1 aromatic carbocycles. The predicted molar refractivity (Wildman–Crippen MR) is 100.0 cm³/mol. The van der Waals surface area contributed by atoms with Gasteiger partial charge < -0.3 is 15.1 Å². The first-order valence-corrected chi connectivity index (χ1v) is 9.29. The first-order chi connectivity index (χ1) is 12.6. The van der Waals surface area contributed by atoms with Crippen molar-refractivity contribution in [3.05, 3.63) is 41.6 Å². The highest BCUT2D eigenvalue weighted by atomic mass is 16.2. The van der Waals surface area contributed by atoms with Crippen LogP contribution in [0.2, 0.25) is 0 Å². The van der Waals surface area contributed by atoms with Gasteiger partial charge in [0, 0.05) is 43.3 Å². The second kappa shape index (κ2) is 7.03. The van der Waals surface area contributed by atoms with Gasteiger partial charge in [0.1, 0.15) is 0 Å². The number of benzene rings is 1. The Hall–Kier alpha value is -2.47. The summed E-state index contributed by atoms with van der Waals surface area (Å²) in [5.74, 6) is 0.152.